The number of rotatable bonds is 3. The van der Waals surface area contributed by atoms with Gasteiger partial charge in [-0.05, 0) is 27.7 Å². The summed E-state index contributed by atoms with van der Waals surface area (Å²) in [5.41, 5.74) is -1.34. The van der Waals surface area contributed by atoms with Crippen LogP contribution in [-0.4, -0.2) is 34.1 Å². The molecule has 0 aliphatic carbocycles. The lowest BCUT2D eigenvalue weighted by atomic mass is 10.0. The standard InChI is InChI=1S/C13H19NO6/c1-7(2)14-20-12(3,4)9(15)8-10(16)18-13(5,6)19-11(8)17/h15H,1-6H3. The second-order valence-electron chi connectivity index (χ2n) is 5.54. The fraction of sp³-hybridized carbons (Fsp3) is 0.615. The van der Waals surface area contributed by atoms with Crippen molar-refractivity contribution in [2.75, 3.05) is 0 Å². The molecule has 0 atom stereocenters. The highest BCUT2D eigenvalue weighted by atomic mass is 16.7. The zero-order valence-electron chi connectivity index (χ0n) is 12.4. The van der Waals surface area contributed by atoms with Crippen LogP contribution in [0.5, 0.6) is 0 Å². The Balaban J connectivity index is 3.14. The second-order valence-corrected chi connectivity index (χ2v) is 5.54. The Hall–Kier alpha value is -2.05. The van der Waals surface area contributed by atoms with E-state index in [2.05, 4.69) is 5.16 Å². The Morgan fingerprint density at radius 2 is 1.65 bits per heavy atom. The van der Waals surface area contributed by atoms with Crippen LogP contribution in [0.3, 0.4) is 0 Å². The van der Waals surface area contributed by atoms with E-state index in [9.17, 15) is 14.7 Å². The first-order valence-electron chi connectivity index (χ1n) is 6.06. The lowest BCUT2D eigenvalue weighted by Gasteiger charge is -2.31. The summed E-state index contributed by atoms with van der Waals surface area (Å²) >= 11 is 0. The number of hydrogen-bond acceptors (Lipinski definition) is 7. The highest BCUT2D eigenvalue weighted by molar-refractivity contribution is 6.15. The van der Waals surface area contributed by atoms with Crippen LogP contribution in [0.1, 0.15) is 41.5 Å². The summed E-state index contributed by atoms with van der Waals surface area (Å²) < 4.78 is 9.81. The molecule has 0 amide bonds. The molecule has 1 fully saturated rings. The Morgan fingerprint density at radius 1 is 1.20 bits per heavy atom. The van der Waals surface area contributed by atoms with Crippen LogP contribution in [0.25, 0.3) is 0 Å². The first-order valence-corrected chi connectivity index (χ1v) is 6.06. The monoisotopic (exact) mass is 285 g/mol. The lowest BCUT2D eigenvalue weighted by molar-refractivity contribution is -0.223. The van der Waals surface area contributed by atoms with Crippen LogP contribution >= 0.6 is 0 Å². The van der Waals surface area contributed by atoms with E-state index in [4.69, 9.17) is 14.3 Å². The van der Waals surface area contributed by atoms with E-state index in [0.29, 0.717) is 5.71 Å². The minimum Gasteiger partial charge on any atom is -0.507 e. The number of aliphatic hydroxyl groups excluding tert-OH is 1. The molecule has 1 heterocycles. The van der Waals surface area contributed by atoms with E-state index in [1.165, 1.54) is 27.7 Å². The maximum atomic E-state index is 11.8. The summed E-state index contributed by atoms with van der Waals surface area (Å²) in [6, 6.07) is 0. The van der Waals surface area contributed by atoms with Crippen molar-refractivity contribution in [3.63, 3.8) is 0 Å². The molecule has 20 heavy (non-hydrogen) atoms. The van der Waals surface area contributed by atoms with Crippen molar-refractivity contribution in [3.05, 3.63) is 11.3 Å². The number of carbonyl (C=O) groups is 2. The van der Waals surface area contributed by atoms with E-state index >= 15 is 0 Å². The molecule has 1 rings (SSSR count). The number of oxime groups is 1. The van der Waals surface area contributed by atoms with Gasteiger partial charge in [-0.3, -0.25) is 0 Å². The Bertz CT molecular complexity index is 475. The van der Waals surface area contributed by atoms with E-state index in [1.807, 2.05) is 0 Å². The normalized spacial score (nSPS) is 18.0. The Labute approximate surface area is 117 Å². The second kappa shape index (κ2) is 5.15. The minimum absolute atomic E-state index is 0.585. The SMILES string of the molecule is CC(C)=NOC(C)(C)C(O)=C1C(=O)OC(C)(C)OC1=O. The fourth-order valence-corrected chi connectivity index (χ4v) is 1.40. The molecule has 1 N–H and O–H groups in total. The number of carbonyl (C=O) groups excluding carboxylic acids is 2. The van der Waals surface area contributed by atoms with E-state index in [-0.39, 0.29) is 0 Å². The topological polar surface area (TPSA) is 94.4 Å². The van der Waals surface area contributed by atoms with Crippen LogP contribution in [0.2, 0.25) is 0 Å². The highest BCUT2D eigenvalue weighted by Crippen LogP contribution is 2.29. The molecule has 0 aromatic heterocycles. The molecule has 7 nitrogen and oxygen atoms in total. The van der Waals surface area contributed by atoms with Gasteiger partial charge in [-0.1, -0.05) is 5.16 Å². The number of aliphatic hydroxyl groups is 1. The molecule has 0 bridgehead atoms. The molecule has 1 aliphatic rings. The van der Waals surface area contributed by atoms with Crippen LogP contribution < -0.4 is 0 Å². The highest BCUT2D eigenvalue weighted by Gasteiger charge is 2.44. The van der Waals surface area contributed by atoms with Crippen LogP contribution in [0.15, 0.2) is 16.5 Å². The molecule has 0 aromatic rings. The molecular formula is C13H19NO6. The van der Waals surface area contributed by atoms with Gasteiger partial charge in [0.2, 0.25) is 0 Å². The molecule has 0 unspecified atom stereocenters. The smallest absolute Gasteiger partial charge is 0.352 e. The van der Waals surface area contributed by atoms with Crippen molar-refractivity contribution < 1.29 is 29.0 Å². The largest absolute Gasteiger partial charge is 0.507 e. The number of esters is 2. The van der Waals surface area contributed by atoms with Crippen LogP contribution in [-0.2, 0) is 23.9 Å². The molecule has 7 heteroatoms. The van der Waals surface area contributed by atoms with Gasteiger partial charge in [0, 0.05) is 13.8 Å². The molecule has 0 spiro atoms. The first-order chi connectivity index (χ1) is 8.96. The molecule has 1 aliphatic heterocycles. The molecule has 0 saturated carbocycles. The van der Waals surface area contributed by atoms with E-state index < -0.39 is 34.7 Å². The van der Waals surface area contributed by atoms with Crippen molar-refractivity contribution in [3.8, 4) is 0 Å². The van der Waals surface area contributed by atoms with Gasteiger partial charge in [0.15, 0.2) is 16.9 Å². The molecular weight excluding hydrogens is 266 g/mol. The summed E-state index contributed by atoms with van der Waals surface area (Å²) in [4.78, 5) is 28.7. The average Bonchev–Trinajstić information content (AvgIpc) is 2.23. The first kappa shape index (κ1) is 16.0. The number of nitrogens with zero attached hydrogens (tertiary/aromatic N) is 1. The third-order valence-corrected chi connectivity index (χ3v) is 2.35. The molecule has 0 aromatic carbocycles. The van der Waals surface area contributed by atoms with Crippen molar-refractivity contribution in [1.29, 1.82) is 0 Å². The quantitative estimate of drug-likeness (QED) is 0.212. The van der Waals surface area contributed by atoms with Gasteiger partial charge < -0.3 is 19.4 Å². The number of ether oxygens (including phenoxy) is 2. The van der Waals surface area contributed by atoms with Gasteiger partial charge in [0.05, 0.1) is 5.71 Å². The number of hydrogen-bond donors (Lipinski definition) is 1. The van der Waals surface area contributed by atoms with Crippen molar-refractivity contribution in [2.24, 2.45) is 5.16 Å². The maximum Gasteiger partial charge on any atom is 0.352 e. The molecule has 1 saturated heterocycles. The predicted molar refractivity (Wildman–Crippen MR) is 69.9 cm³/mol. The van der Waals surface area contributed by atoms with Gasteiger partial charge in [-0.2, -0.15) is 0 Å². The Kier molecular flexibility index (Phi) is 4.12. The van der Waals surface area contributed by atoms with Crippen LogP contribution in [0, 0.1) is 0 Å². The van der Waals surface area contributed by atoms with Gasteiger partial charge in [-0.15, -0.1) is 0 Å². The molecule has 0 radical (unpaired) electrons. The minimum atomic E-state index is -1.37. The van der Waals surface area contributed by atoms with E-state index in [0.717, 1.165) is 0 Å². The van der Waals surface area contributed by atoms with Gasteiger partial charge in [0.25, 0.3) is 5.79 Å². The summed E-state index contributed by atoms with van der Waals surface area (Å²) in [6.07, 6.45) is 0. The Morgan fingerprint density at radius 3 is 2.05 bits per heavy atom. The predicted octanol–water partition coefficient (Wildman–Crippen LogP) is 1.83. The summed E-state index contributed by atoms with van der Waals surface area (Å²) in [6.45, 7) is 9.16. The maximum absolute atomic E-state index is 11.8. The summed E-state index contributed by atoms with van der Waals surface area (Å²) in [5, 5.41) is 13.8. The van der Waals surface area contributed by atoms with Crippen LogP contribution in [0.4, 0.5) is 0 Å². The summed E-state index contributed by atoms with van der Waals surface area (Å²) in [5.74, 6) is -3.87. The zero-order chi connectivity index (χ0) is 15.7. The van der Waals surface area contributed by atoms with Crippen molar-refractivity contribution >= 4 is 17.7 Å². The van der Waals surface area contributed by atoms with Gasteiger partial charge in [-0.25, -0.2) is 9.59 Å². The zero-order valence-corrected chi connectivity index (χ0v) is 12.4. The van der Waals surface area contributed by atoms with Gasteiger partial charge in [0.1, 0.15) is 0 Å². The van der Waals surface area contributed by atoms with Crippen molar-refractivity contribution in [2.45, 2.75) is 52.9 Å². The van der Waals surface area contributed by atoms with Crippen molar-refractivity contribution in [1.82, 2.24) is 0 Å². The van der Waals surface area contributed by atoms with Gasteiger partial charge >= 0.3 is 11.9 Å². The summed E-state index contributed by atoms with van der Waals surface area (Å²) in [7, 11) is 0. The van der Waals surface area contributed by atoms with E-state index in [1.54, 1.807) is 13.8 Å². The third-order valence-electron chi connectivity index (χ3n) is 2.35. The lowest BCUT2D eigenvalue weighted by Crippen LogP contribution is -2.44. The average molecular weight is 285 g/mol. The number of cyclic esters (lactones) is 2. The third kappa shape index (κ3) is 3.49. The fourth-order valence-electron chi connectivity index (χ4n) is 1.40. The molecule has 112 valence electrons.